The second-order valence-corrected chi connectivity index (χ2v) is 4.85. The van der Waals surface area contributed by atoms with E-state index in [9.17, 15) is 4.79 Å². The molecule has 0 amide bonds. The van der Waals surface area contributed by atoms with Gasteiger partial charge in [0.15, 0.2) is 0 Å². The molecule has 1 fully saturated rings. The van der Waals surface area contributed by atoms with Crippen LogP contribution in [0.1, 0.15) is 58.3 Å². The number of rotatable bonds is 7. The third-order valence-electron chi connectivity index (χ3n) is 3.30. The highest BCUT2D eigenvalue weighted by Gasteiger charge is 2.28. The van der Waals surface area contributed by atoms with E-state index in [1.807, 2.05) is 0 Å². The molecule has 1 rings (SSSR count). The molecule has 0 unspecified atom stereocenters. The molecule has 1 saturated carbocycles. The fraction of sp³-hybridized carbons (Fsp3) is 0.923. The van der Waals surface area contributed by atoms with Crippen LogP contribution in [0.4, 0.5) is 0 Å². The lowest BCUT2D eigenvalue weighted by Gasteiger charge is -2.09. The summed E-state index contributed by atoms with van der Waals surface area (Å²) in [7, 11) is 0. The monoisotopic (exact) mass is 227 g/mol. The Balaban J connectivity index is 1.98. The van der Waals surface area contributed by atoms with Crippen LogP contribution in [0.5, 0.6) is 0 Å². The second-order valence-electron chi connectivity index (χ2n) is 4.85. The summed E-state index contributed by atoms with van der Waals surface area (Å²) in [5.41, 5.74) is 5.76. The predicted octanol–water partition coefficient (Wildman–Crippen LogP) is 2.63. The van der Waals surface area contributed by atoms with Gasteiger partial charge < -0.3 is 10.5 Å². The summed E-state index contributed by atoms with van der Waals surface area (Å²) in [4.78, 5) is 11.6. The minimum absolute atomic E-state index is 0.0246. The highest BCUT2D eigenvalue weighted by Crippen LogP contribution is 2.25. The standard InChI is InChI=1S/C13H25NO2/c1-2-3-4-5-6-9-16-13(15)11-7-8-12(14)10-11/h11-12H,2-10,14H2,1H3/t11-,12+/m1/s1. The third-order valence-corrected chi connectivity index (χ3v) is 3.30. The molecule has 0 radical (unpaired) electrons. The fourth-order valence-corrected chi connectivity index (χ4v) is 2.23. The van der Waals surface area contributed by atoms with Crippen molar-refractivity contribution >= 4 is 5.97 Å². The zero-order valence-electron chi connectivity index (χ0n) is 10.4. The van der Waals surface area contributed by atoms with Gasteiger partial charge in [-0.1, -0.05) is 32.6 Å². The van der Waals surface area contributed by atoms with Crippen molar-refractivity contribution in [2.75, 3.05) is 6.61 Å². The van der Waals surface area contributed by atoms with Crippen LogP contribution in [0.2, 0.25) is 0 Å². The van der Waals surface area contributed by atoms with E-state index in [4.69, 9.17) is 10.5 Å². The average Bonchev–Trinajstić information content (AvgIpc) is 2.70. The SMILES string of the molecule is CCCCCCCOC(=O)[C@@H]1CC[C@H](N)C1. The Morgan fingerprint density at radius 2 is 2.00 bits per heavy atom. The number of ether oxygens (including phenoxy) is 1. The number of hydrogen-bond donors (Lipinski definition) is 1. The van der Waals surface area contributed by atoms with Crippen molar-refractivity contribution in [2.24, 2.45) is 11.7 Å². The molecule has 0 aliphatic heterocycles. The second kappa shape index (κ2) is 7.66. The number of carbonyl (C=O) groups is 1. The lowest BCUT2D eigenvalue weighted by Crippen LogP contribution is -2.19. The van der Waals surface area contributed by atoms with Crippen LogP contribution >= 0.6 is 0 Å². The maximum Gasteiger partial charge on any atom is 0.308 e. The summed E-state index contributed by atoms with van der Waals surface area (Å²) < 4.78 is 5.26. The highest BCUT2D eigenvalue weighted by molar-refractivity contribution is 5.72. The van der Waals surface area contributed by atoms with Crippen molar-refractivity contribution in [2.45, 2.75) is 64.3 Å². The van der Waals surface area contributed by atoms with Gasteiger partial charge in [0.1, 0.15) is 0 Å². The summed E-state index contributed by atoms with van der Waals surface area (Å²) in [6.45, 7) is 2.79. The molecular weight excluding hydrogens is 202 g/mol. The first-order valence-electron chi connectivity index (χ1n) is 6.66. The number of nitrogens with two attached hydrogens (primary N) is 1. The molecule has 0 aromatic heterocycles. The zero-order valence-corrected chi connectivity index (χ0v) is 10.4. The van der Waals surface area contributed by atoms with Gasteiger partial charge in [-0.15, -0.1) is 0 Å². The lowest BCUT2D eigenvalue weighted by molar-refractivity contribution is -0.148. The molecule has 0 aromatic carbocycles. The van der Waals surface area contributed by atoms with Crippen molar-refractivity contribution < 1.29 is 9.53 Å². The normalized spacial score (nSPS) is 24.6. The maximum absolute atomic E-state index is 11.6. The van der Waals surface area contributed by atoms with Crippen LogP contribution in [0, 0.1) is 5.92 Å². The van der Waals surface area contributed by atoms with Crippen LogP contribution in [0.15, 0.2) is 0 Å². The molecule has 2 N–H and O–H groups in total. The largest absolute Gasteiger partial charge is 0.465 e. The van der Waals surface area contributed by atoms with Crippen molar-refractivity contribution in [3.8, 4) is 0 Å². The summed E-state index contributed by atoms with van der Waals surface area (Å²) in [5, 5.41) is 0. The minimum Gasteiger partial charge on any atom is -0.465 e. The number of unbranched alkanes of at least 4 members (excludes halogenated alkanes) is 4. The molecule has 0 heterocycles. The molecule has 1 aliphatic carbocycles. The Morgan fingerprint density at radius 3 is 2.62 bits per heavy atom. The van der Waals surface area contributed by atoms with Crippen LogP contribution in [-0.2, 0) is 9.53 Å². The fourth-order valence-electron chi connectivity index (χ4n) is 2.23. The smallest absolute Gasteiger partial charge is 0.308 e. The van der Waals surface area contributed by atoms with Crippen LogP contribution < -0.4 is 5.73 Å². The first-order chi connectivity index (χ1) is 7.74. The Kier molecular flexibility index (Phi) is 6.46. The average molecular weight is 227 g/mol. The summed E-state index contributed by atoms with van der Waals surface area (Å²) in [6, 6.07) is 0.210. The number of hydrogen-bond acceptors (Lipinski definition) is 3. The maximum atomic E-state index is 11.6. The van der Waals surface area contributed by atoms with Crippen LogP contribution in [0.3, 0.4) is 0 Å². The molecule has 0 spiro atoms. The molecule has 94 valence electrons. The summed E-state index contributed by atoms with van der Waals surface area (Å²) in [5.74, 6) is 0.0501. The van der Waals surface area contributed by atoms with Gasteiger partial charge in [0.2, 0.25) is 0 Å². The van der Waals surface area contributed by atoms with E-state index in [0.717, 1.165) is 25.7 Å². The number of carbonyl (C=O) groups excluding carboxylic acids is 1. The molecule has 2 atom stereocenters. The van der Waals surface area contributed by atoms with Gasteiger partial charge in [0.25, 0.3) is 0 Å². The van der Waals surface area contributed by atoms with E-state index in [1.165, 1.54) is 25.7 Å². The molecule has 0 aromatic rings. The van der Waals surface area contributed by atoms with E-state index in [1.54, 1.807) is 0 Å². The summed E-state index contributed by atoms with van der Waals surface area (Å²) >= 11 is 0. The third kappa shape index (κ3) is 4.97. The summed E-state index contributed by atoms with van der Waals surface area (Å²) in [6.07, 6.45) is 8.66. The van der Waals surface area contributed by atoms with Crippen molar-refractivity contribution in [3.63, 3.8) is 0 Å². The van der Waals surface area contributed by atoms with Crippen molar-refractivity contribution in [1.29, 1.82) is 0 Å². The first-order valence-corrected chi connectivity index (χ1v) is 6.66. The molecular formula is C13H25NO2. The zero-order chi connectivity index (χ0) is 11.8. The molecule has 1 aliphatic rings. The van der Waals surface area contributed by atoms with Crippen molar-refractivity contribution in [1.82, 2.24) is 0 Å². The van der Waals surface area contributed by atoms with Gasteiger partial charge in [-0.05, 0) is 25.7 Å². The van der Waals surface area contributed by atoms with Crippen LogP contribution in [0.25, 0.3) is 0 Å². The van der Waals surface area contributed by atoms with Crippen LogP contribution in [-0.4, -0.2) is 18.6 Å². The van der Waals surface area contributed by atoms with Gasteiger partial charge in [-0.2, -0.15) is 0 Å². The van der Waals surface area contributed by atoms with Gasteiger partial charge in [0, 0.05) is 6.04 Å². The quantitative estimate of drug-likeness (QED) is 0.537. The Morgan fingerprint density at radius 1 is 1.25 bits per heavy atom. The first kappa shape index (κ1) is 13.5. The Bertz CT molecular complexity index is 206. The molecule has 16 heavy (non-hydrogen) atoms. The van der Waals surface area contributed by atoms with E-state index >= 15 is 0 Å². The molecule has 0 bridgehead atoms. The molecule has 3 nitrogen and oxygen atoms in total. The van der Waals surface area contributed by atoms with Gasteiger partial charge in [-0.25, -0.2) is 0 Å². The predicted molar refractivity (Wildman–Crippen MR) is 65.0 cm³/mol. The van der Waals surface area contributed by atoms with E-state index in [-0.39, 0.29) is 17.9 Å². The topological polar surface area (TPSA) is 52.3 Å². The number of esters is 1. The van der Waals surface area contributed by atoms with Gasteiger partial charge in [0.05, 0.1) is 12.5 Å². The molecule has 3 heteroatoms. The van der Waals surface area contributed by atoms with Gasteiger partial charge in [-0.3, -0.25) is 4.79 Å². The van der Waals surface area contributed by atoms with E-state index in [2.05, 4.69) is 6.92 Å². The van der Waals surface area contributed by atoms with E-state index < -0.39 is 0 Å². The van der Waals surface area contributed by atoms with E-state index in [0.29, 0.717) is 6.61 Å². The van der Waals surface area contributed by atoms with Gasteiger partial charge >= 0.3 is 5.97 Å². The minimum atomic E-state index is -0.0246. The highest BCUT2D eigenvalue weighted by atomic mass is 16.5. The Hall–Kier alpha value is -0.570. The lowest BCUT2D eigenvalue weighted by atomic mass is 10.1. The Labute approximate surface area is 98.7 Å². The van der Waals surface area contributed by atoms with Crippen molar-refractivity contribution in [3.05, 3.63) is 0 Å². The molecule has 0 saturated heterocycles.